The van der Waals surface area contributed by atoms with Crippen molar-refractivity contribution in [3.8, 4) is 10.6 Å². The molecule has 3 aromatic rings. The van der Waals surface area contributed by atoms with Crippen molar-refractivity contribution in [2.24, 2.45) is 0 Å². The number of hydrogen-bond donors (Lipinski definition) is 0. The summed E-state index contributed by atoms with van der Waals surface area (Å²) >= 11 is 3.47. The SMILES string of the molecule is c1ccc(CN2CCN(Cc3csc(-c4ccsc4)n3)CC2)nc1. The van der Waals surface area contributed by atoms with Crippen molar-refractivity contribution < 1.29 is 0 Å². The van der Waals surface area contributed by atoms with E-state index in [-0.39, 0.29) is 0 Å². The van der Waals surface area contributed by atoms with Crippen molar-refractivity contribution in [3.05, 3.63) is 58.0 Å². The van der Waals surface area contributed by atoms with E-state index in [2.05, 4.69) is 49.1 Å². The minimum absolute atomic E-state index is 0.952. The number of pyridine rings is 1. The Hall–Kier alpha value is -1.60. The fourth-order valence-corrected chi connectivity index (χ4v) is 4.48. The minimum atomic E-state index is 0.952. The van der Waals surface area contributed by atoms with Crippen LogP contribution in [0.4, 0.5) is 0 Å². The number of hydrogen-bond acceptors (Lipinski definition) is 6. The lowest BCUT2D eigenvalue weighted by molar-refractivity contribution is 0.120. The predicted octanol–water partition coefficient (Wildman–Crippen LogP) is 3.58. The molecule has 1 aliphatic rings. The summed E-state index contributed by atoms with van der Waals surface area (Å²) in [6, 6.07) is 8.28. The van der Waals surface area contributed by atoms with Gasteiger partial charge in [0.05, 0.1) is 11.4 Å². The number of rotatable bonds is 5. The maximum Gasteiger partial charge on any atom is 0.124 e. The van der Waals surface area contributed by atoms with Crippen molar-refractivity contribution >= 4 is 22.7 Å². The summed E-state index contributed by atoms with van der Waals surface area (Å²) < 4.78 is 0. The van der Waals surface area contributed by atoms with Gasteiger partial charge >= 0.3 is 0 Å². The van der Waals surface area contributed by atoms with Gasteiger partial charge in [-0.25, -0.2) is 4.98 Å². The highest BCUT2D eigenvalue weighted by Gasteiger charge is 2.18. The minimum Gasteiger partial charge on any atom is -0.295 e. The largest absolute Gasteiger partial charge is 0.295 e. The van der Waals surface area contributed by atoms with Crippen LogP contribution in [-0.4, -0.2) is 45.9 Å². The molecule has 1 aliphatic heterocycles. The normalized spacial score (nSPS) is 16.5. The molecule has 6 heteroatoms. The van der Waals surface area contributed by atoms with E-state index in [0.717, 1.165) is 50.0 Å². The Bertz CT molecular complexity index is 746. The molecule has 0 atom stereocenters. The Labute approximate surface area is 150 Å². The van der Waals surface area contributed by atoms with Gasteiger partial charge in [0.1, 0.15) is 5.01 Å². The summed E-state index contributed by atoms with van der Waals surface area (Å²) in [5, 5.41) is 7.61. The molecule has 24 heavy (non-hydrogen) atoms. The van der Waals surface area contributed by atoms with Gasteiger partial charge in [-0.2, -0.15) is 11.3 Å². The topological polar surface area (TPSA) is 32.3 Å². The van der Waals surface area contributed by atoms with Crippen molar-refractivity contribution in [2.75, 3.05) is 26.2 Å². The highest BCUT2D eigenvalue weighted by molar-refractivity contribution is 7.14. The van der Waals surface area contributed by atoms with Gasteiger partial charge in [-0.3, -0.25) is 14.8 Å². The average Bonchev–Trinajstić information content (AvgIpc) is 3.29. The lowest BCUT2D eigenvalue weighted by Crippen LogP contribution is -2.45. The van der Waals surface area contributed by atoms with Crippen molar-refractivity contribution in [1.29, 1.82) is 0 Å². The van der Waals surface area contributed by atoms with Gasteiger partial charge in [0, 0.05) is 61.8 Å². The summed E-state index contributed by atoms with van der Waals surface area (Å²) in [6.45, 7) is 6.29. The first-order valence-corrected chi connectivity index (χ1v) is 10.0. The van der Waals surface area contributed by atoms with Crippen LogP contribution in [0.15, 0.2) is 46.6 Å². The molecule has 0 N–H and O–H groups in total. The summed E-state index contributed by atoms with van der Waals surface area (Å²) in [7, 11) is 0. The molecule has 124 valence electrons. The van der Waals surface area contributed by atoms with Gasteiger partial charge in [0.15, 0.2) is 0 Å². The quantitative estimate of drug-likeness (QED) is 0.699. The number of thiophene rings is 1. The third-order valence-corrected chi connectivity index (χ3v) is 5.91. The van der Waals surface area contributed by atoms with E-state index in [9.17, 15) is 0 Å². The zero-order chi connectivity index (χ0) is 16.2. The smallest absolute Gasteiger partial charge is 0.124 e. The monoisotopic (exact) mass is 356 g/mol. The molecule has 0 aliphatic carbocycles. The summed E-state index contributed by atoms with van der Waals surface area (Å²) in [5.74, 6) is 0. The van der Waals surface area contributed by atoms with E-state index in [1.165, 1.54) is 11.3 Å². The van der Waals surface area contributed by atoms with E-state index in [4.69, 9.17) is 4.98 Å². The van der Waals surface area contributed by atoms with Crippen LogP contribution in [0, 0.1) is 0 Å². The van der Waals surface area contributed by atoms with Crippen molar-refractivity contribution in [2.45, 2.75) is 13.1 Å². The Morgan fingerprint density at radius 2 is 1.71 bits per heavy atom. The molecule has 1 fully saturated rings. The van der Waals surface area contributed by atoms with Crippen molar-refractivity contribution in [3.63, 3.8) is 0 Å². The molecule has 3 aromatic heterocycles. The molecule has 0 spiro atoms. The average molecular weight is 357 g/mol. The molecular formula is C18H20N4S2. The highest BCUT2D eigenvalue weighted by Crippen LogP contribution is 2.26. The van der Waals surface area contributed by atoms with Crippen LogP contribution in [0.1, 0.15) is 11.4 Å². The zero-order valence-electron chi connectivity index (χ0n) is 13.5. The van der Waals surface area contributed by atoms with Gasteiger partial charge < -0.3 is 0 Å². The standard InChI is InChI=1S/C18H20N4S2/c1-2-5-19-16(3-1)11-21-6-8-22(9-7-21)12-17-14-24-18(20-17)15-4-10-23-13-15/h1-5,10,13-14H,6-9,11-12H2. The number of aromatic nitrogens is 2. The summed E-state index contributed by atoms with van der Waals surface area (Å²) in [4.78, 5) is 14.2. The van der Waals surface area contributed by atoms with E-state index < -0.39 is 0 Å². The first kappa shape index (κ1) is 15.9. The maximum atomic E-state index is 4.79. The fraction of sp³-hybridized carbons (Fsp3) is 0.333. The van der Waals surface area contributed by atoms with Crippen LogP contribution in [0.2, 0.25) is 0 Å². The molecule has 0 saturated carbocycles. The zero-order valence-corrected chi connectivity index (χ0v) is 15.1. The first-order valence-electron chi connectivity index (χ1n) is 8.18. The first-order chi connectivity index (χ1) is 11.9. The molecule has 4 nitrogen and oxygen atoms in total. The fourth-order valence-electron chi connectivity index (χ4n) is 2.95. The molecular weight excluding hydrogens is 336 g/mol. The lowest BCUT2D eigenvalue weighted by Gasteiger charge is -2.34. The Balaban J connectivity index is 1.29. The van der Waals surface area contributed by atoms with Gasteiger partial charge in [-0.1, -0.05) is 6.07 Å². The van der Waals surface area contributed by atoms with Crippen LogP contribution in [0.5, 0.6) is 0 Å². The second-order valence-corrected chi connectivity index (χ2v) is 7.67. The molecule has 0 amide bonds. The third-order valence-electron chi connectivity index (χ3n) is 4.28. The van der Waals surface area contributed by atoms with E-state index in [1.807, 2.05) is 12.3 Å². The second kappa shape index (κ2) is 7.53. The lowest BCUT2D eigenvalue weighted by atomic mass is 10.2. The molecule has 4 rings (SSSR count). The molecule has 4 heterocycles. The molecule has 0 aromatic carbocycles. The number of thiazole rings is 1. The Morgan fingerprint density at radius 3 is 2.38 bits per heavy atom. The maximum absolute atomic E-state index is 4.79. The number of nitrogens with zero attached hydrogens (tertiary/aromatic N) is 4. The summed E-state index contributed by atoms with van der Waals surface area (Å²) in [5.41, 5.74) is 3.60. The molecule has 0 radical (unpaired) electrons. The highest BCUT2D eigenvalue weighted by atomic mass is 32.1. The third kappa shape index (κ3) is 3.89. The predicted molar refractivity (Wildman–Crippen MR) is 100 cm³/mol. The summed E-state index contributed by atoms with van der Waals surface area (Å²) in [6.07, 6.45) is 1.87. The Kier molecular flexibility index (Phi) is 4.99. The van der Waals surface area contributed by atoms with Gasteiger partial charge in [-0.15, -0.1) is 11.3 Å². The van der Waals surface area contributed by atoms with Crippen LogP contribution in [0.25, 0.3) is 10.6 Å². The van der Waals surface area contributed by atoms with Crippen LogP contribution < -0.4 is 0 Å². The van der Waals surface area contributed by atoms with E-state index >= 15 is 0 Å². The van der Waals surface area contributed by atoms with Gasteiger partial charge in [0.2, 0.25) is 0 Å². The van der Waals surface area contributed by atoms with Crippen LogP contribution >= 0.6 is 22.7 Å². The second-order valence-electron chi connectivity index (χ2n) is 6.03. The van der Waals surface area contributed by atoms with Crippen LogP contribution in [-0.2, 0) is 13.1 Å². The number of piperazine rings is 1. The van der Waals surface area contributed by atoms with Crippen molar-refractivity contribution in [1.82, 2.24) is 19.8 Å². The Morgan fingerprint density at radius 1 is 0.917 bits per heavy atom. The molecule has 1 saturated heterocycles. The molecule has 0 bridgehead atoms. The molecule has 0 unspecified atom stereocenters. The van der Waals surface area contributed by atoms with Gasteiger partial charge in [-0.05, 0) is 23.6 Å². The van der Waals surface area contributed by atoms with Gasteiger partial charge in [0.25, 0.3) is 0 Å². The van der Waals surface area contributed by atoms with E-state index in [0.29, 0.717) is 0 Å². The van der Waals surface area contributed by atoms with E-state index in [1.54, 1.807) is 22.7 Å². The van der Waals surface area contributed by atoms with Crippen LogP contribution in [0.3, 0.4) is 0 Å².